The zero-order chi connectivity index (χ0) is 15.0. The molecule has 0 aliphatic carbocycles. The van der Waals surface area contributed by atoms with Gasteiger partial charge in [0.15, 0.2) is 9.84 Å². The third-order valence-corrected chi connectivity index (χ3v) is 6.84. The van der Waals surface area contributed by atoms with Gasteiger partial charge < -0.3 is 4.90 Å². The van der Waals surface area contributed by atoms with Crippen molar-refractivity contribution in [3.8, 4) is 0 Å². The Morgan fingerprint density at radius 1 is 1.48 bits per heavy atom. The summed E-state index contributed by atoms with van der Waals surface area (Å²) < 4.78 is 23.2. The second-order valence-electron chi connectivity index (χ2n) is 5.85. The highest BCUT2D eigenvalue weighted by molar-refractivity contribution is 7.91. The topological polar surface area (TPSA) is 66.5 Å². The van der Waals surface area contributed by atoms with Crippen LogP contribution in [0.25, 0.3) is 0 Å². The van der Waals surface area contributed by atoms with Crippen LogP contribution < -0.4 is 5.32 Å². The van der Waals surface area contributed by atoms with E-state index in [4.69, 9.17) is 0 Å². The minimum Gasteiger partial charge on any atom is -0.321 e. The number of nitrogens with zero attached hydrogens (tertiary/aromatic N) is 1. The number of amides is 1. The average molecular weight is 328 g/mol. The Labute approximate surface area is 129 Å². The Morgan fingerprint density at radius 3 is 2.86 bits per heavy atom. The molecule has 0 aromatic carbocycles. The largest absolute Gasteiger partial charge is 0.321 e. The second-order valence-corrected chi connectivity index (χ2v) is 8.86. The second kappa shape index (κ2) is 5.70. The Kier molecular flexibility index (Phi) is 4.07. The molecular formula is C14H20N2O3S2. The standard InChI is InChI=1S/C14H20N2O3S2/c1-2-12-14(17)16(7-10-4-6-21(18,19)9-10)13(15-12)11-3-5-20-8-11/h3,5,8,10,12-13,15H,2,4,6-7,9H2,1H3. The lowest BCUT2D eigenvalue weighted by atomic mass is 10.1. The molecule has 5 nitrogen and oxygen atoms in total. The molecule has 3 unspecified atom stereocenters. The van der Waals surface area contributed by atoms with Crippen molar-refractivity contribution in [3.05, 3.63) is 22.4 Å². The van der Waals surface area contributed by atoms with E-state index in [2.05, 4.69) is 5.32 Å². The molecule has 1 amide bonds. The summed E-state index contributed by atoms with van der Waals surface area (Å²) in [5.41, 5.74) is 1.09. The lowest BCUT2D eigenvalue weighted by Gasteiger charge is -2.26. The first-order chi connectivity index (χ1) is 10.00. The van der Waals surface area contributed by atoms with Gasteiger partial charge in [0.1, 0.15) is 6.17 Å². The number of carbonyl (C=O) groups is 1. The molecule has 0 saturated carbocycles. The van der Waals surface area contributed by atoms with E-state index < -0.39 is 9.84 Å². The van der Waals surface area contributed by atoms with Crippen molar-refractivity contribution in [3.63, 3.8) is 0 Å². The van der Waals surface area contributed by atoms with Gasteiger partial charge >= 0.3 is 0 Å². The number of hydrogen-bond donors (Lipinski definition) is 1. The van der Waals surface area contributed by atoms with Gasteiger partial charge in [-0.2, -0.15) is 11.3 Å². The molecule has 0 radical (unpaired) electrons. The first kappa shape index (κ1) is 15.0. The molecule has 2 aliphatic heterocycles. The zero-order valence-electron chi connectivity index (χ0n) is 12.0. The molecule has 3 rings (SSSR count). The SMILES string of the molecule is CCC1NC(c2ccsc2)N(CC2CCS(=O)(=O)C2)C1=O. The summed E-state index contributed by atoms with van der Waals surface area (Å²) in [5, 5.41) is 7.41. The number of sulfone groups is 1. The zero-order valence-corrected chi connectivity index (χ0v) is 13.6. The predicted octanol–water partition coefficient (Wildman–Crippen LogP) is 1.39. The molecule has 2 saturated heterocycles. The quantitative estimate of drug-likeness (QED) is 0.907. The van der Waals surface area contributed by atoms with E-state index in [1.807, 2.05) is 28.7 Å². The van der Waals surface area contributed by atoms with E-state index in [9.17, 15) is 13.2 Å². The molecule has 7 heteroatoms. The highest BCUT2D eigenvalue weighted by Crippen LogP contribution is 2.30. The van der Waals surface area contributed by atoms with Crippen LogP contribution in [0.4, 0.5) is 0 Å². The van der Waals surface area contributed by atoms with Crippen LogP contribution in [-0.4, -0.2) is 43.3 Å². The Hall–Kier alpha value is -0.920. The van der Waals surface area contributed by atoms with Gasteiger partial charge in [-0.05, 0) is 41.1 Å². The Morgan fingerprint density at radius 2 is 2.29 bits per heavy atom. The fourth-order valence-electron chi connectivity index (χ4n) is 3.17. The van der Waals surface area contributed by atoms with Gasteiger partial charge in [0.05, 0.1) is 17.5 Å². The van der Waals surface area contributed by atoms with E-state index >= 15 is 0 Å². The van der Waals surface area contributed by atoms with E-state index in [1.165, 1.54) is 0 Å². The number of rotatable bonds is 4. The molecule has 0 spiro atoms. The van der Waals surface area contributed by atoms with Crippen LogP contribution in [-0.2, 0) is 14.6 Å². The fourth-order valence-corrected chi connectivity index (χ4v) is 5.70. The van der Waals surface area contributed by atoms with Crippen molar-refractivity contribution in [1.29, 1.82) is 0 Å². The van der Waals surface area contributed by atoms with Crippen molar-refractivity contribution >= 4 is 27.1 Å². The lowest BCUT2D eigenvalue weighted by Crippen LogP contribution is -2.35. The van der Waals surface area contributed by atoms with Crippen LogP contribution in [0.1, 0.15) is 31.5 Å². The summed E-state index contributed by atoms with van der Waals surface area (Å²) in [6, 6.07) is 1.86. The van der Waals surface area contributed by atoms with Gasteiger partial charge in [-0.15, -0.1) is 0 Å². The average Bonchev–Trinajstić information content (AvgIpc) is 3.12. The summed E-state index contributed by atoms with van der Waals surface area (Å²) in [7, 11) is -2.90. The first-order valence-corrected chi connectivity index (χ1v) is 10.1. The van der Waals surface area contributed by atoms with Gasteiger partial charge in [-0.3, -0.25) is 10.1 Å². The van der Waals surface area contributed by atoms with E-state index in [1.54, 1.807) is 11.3 Å². The van der Waals surface area contributed by atoms with Crippen molar-refractivity contribution in [2.45, 2.75) is 32.0 Å². The van der Waals surface area contributed by atoms with Gasteiger partial charge in [0, 0.05) is 6.54 Å². The Bertz CT molecular complexity index is 612. The van der Waals surface area contributed by atoms with Gasteiger partial charge in [0.2, 0.25) is 5.91 Å². The molecule has 2 aliphatic rings. The predicted molar refractivity (Wildman–Crippen MR) is 82.7 cm³/mol. The van der Waals surface area contributed by atoms with Crippen LogP contribution in [0, 0.1) is 5.92 Å². The molecule has 1 aromatic heterocycles. The van der Waals surface area contributed by atoms with Crippen LogP contribution >= 0.6 is 11.3 Å². The maximum atomic E-state index is 12.5. The number of nitrogens with one attached hydrogen (secondary N) is 1. The fraction of sp³-hybridized carbons (Fsp3) is 0.643. The van der Waals surface area contributed by atoms with Gasteiger partial charge in [-0.1, -0.05) is 6.92 Å². The highest BCUT2D eigenvalue weighted by atomic mass is 32.2. The van der Waals surface area contributed by atoms with Gasteiger partial charge in [-0.25, -0.2) is 8.42 Å². The third-order valence-electron chi connectivity index (χ3n) is 4.30. The van der Waals surface area contributed by atoms with Crippen LogP contribution in [0.5, 0.6) is 0 Å². The first-order valence-electron chi connectivity index (χ1n) is 7.29. The van der Waals surface area contributed by atoms with Crippen LogP contribution in [0.15, 0.2) is 16.8 Å². The minimum absolute atomic E-state index is 0.0671. The van der Waals surface area contributed by atoms with Crippen molar-refractivity contribution in [1.82, 2.24) is 10.2 Å². The summed E-state index contributed by atoms with van der Waals surface area (Å²) >= 11 is 1.61. The minimum atomic E-state index is -2.90. The maximum Gasteiger partial charge on any atom is 0.241 e. The smallest absolute Gasteiger partial charge is 0.241 e. The molecule has 0 bridgehead atoms. The van der Waals surface area contributed by atoms with Crippen LogP contribution in [0.3, 0.4) is 0 Å². The molecule has 1 aromatic rings. The summed E-state index contributed by atoms with van der Waals surface area (Å²) in [4.78, 5) is 14.3. The van der Waals surface area contributed by atoms with E-state index in [0.29, 0.717) is 13.0 Å². The van der Waals surface area contributed by atoms with Crippen molar-refractivity contribution < 1.29 is 13.2 Å². The summed E-state index contributed by atoms with van der Waals surface area (Å²) in [5.74, 6) is 0.632. The molecule has 1 N–H and O–H groups in total. The van der Waals surface area contributed by atoms with Crippen LogP contribution in [0.2, 0.25) is 0 Å². The highest BCUT2D eigenvalue weighted by Gasteiger charge is 2.41. The monoisotopic (exact) mass is 328 g/mol. The van der Waals surface area contributed by atoms with E-state index in [0.717, 1.165) is 12.0 Å². The molecular weight excluding hydrogens is 308 g/mol. The number of hydrogen-bond acceptors (Lipinski definition) is 5. The Balaban J connectivity index is 1.78. The third kappa shape index (κ3) is 3.00. The molecule has 21 heavy (non-hydrogen) atoms. The lowest BCUT2D eigenvalue weighted by molar-refractivity contribution is -0.130. The summed E-state index contributed by atoms with van der Waals surface area (Å²) in [6.07, 6.45) is 1.30. The molecule has 2 fully saturated rings. The molecule has 116 valence electrons. The molecule has 3 heterocycles. The van der Waals surface area contributed by atoms with Crippen molar-refractivity contribution in [2.75, 3.05) is 18.1 Å². The normalized spacial score (nSPS) is 32.0. The number of thiophene rings is 1. The van der Waals surface area contributed by atoms with Gasteiger partial charge in [0.25, 0.3) is 0 Å². The molecule has 3 atom stereocenters. The summed E-state index contributed by atoms with van der Waals surface area (Å²) in [6.45, 7) is 2.52. The maximum absolute atomic E-state index is 12.5. The van der Waals surface area contributed by atoms with E-state index in [-0.39, 0.29) is 35.5 Å². The number of carbonyl (C=O) groups excluding carboxylic acids is 1. The van der Waals surface area contributed by atoms with Crippen molar-refractivity contribution in [2.24, 2.45) is 5.92 Å².